The number of hydrogen-bond acceptors (Lipinski definition) is 10. The molecule has 10 nitrogen and oxygen atoms in total. The van der Waals surface area contributed by atoms with Gasteiger partial charge in [-0.3, -0.25) is 9.35 Å². The van der Waals surface area contributed by atoms with Crippen molar-refractivity contribution in [1.29, 1.82) is 0 Å². The Labute approximate surface area is 259 Å². The Morgan fingerprint density at radius 1 is 0.841 bits per heavy atom. The molecule has 0 fully saturated rings. The molecule has 4 aromatic carbocycles. The average Bonchev–Trinajstić information content (AvgIpc) is 3.71. The van der Waals surface area contributed by atoms with Gasteiger partial charge < -0.3 is 0 Å². The largest absolute Gasteiger partial charge is 0.296 e. The molecule has 0 saturated carbocycles. The molecule has 1 aliphatic heterocycles. The number of para-hydroxylation sites is 1. The van der Waals surface area contributed by atoms with E-state index in [-0.39, 0.29) is 10.8 Å². The molecule has 0 radical (unpaired) electrons. The molecule has 2 aromatic heterocycles. The molecule has 1 aliphatic rings. The maximum Gasteiger partial charge on any atom is 0.296 e. The lowest BCUT2D eigenvalue weighted by Crippen LogP contribution is -2.29. The number of aryl methyl sites for hydroxylation is 1. The zero-order valence-corrected chi connectivity index (χ0v) is 25.7. The van der Waals surface area contributed by atoms with Gasteiger partial charge in [0.05, 0.1) is 37.5 Å². The minimum atomic E-state index is -4.39. The molecule has 0 bridgehead atoms. The molecule has 1 unspecified atom stereocenters. The molecule has 13 heteroatoms. The number of nitrogens with zero attached hydrogens (tertiary/aromatic N) is 6. The highest BCUT2D eigenvalue weighted by atomic mass is 32.2. The van der Waals surface area contributed by atoms with Crippen LogP contribution in [-0.4, -0.2) is 40.6 Å². The number of rotatable bonds is 6. The summed E-state index contributed by atoms with van der Waals surface area (Å²) in [6.07, 6.45) is 0. The zero-order valence-electron chi connectivity index (χ0n) is 23.2. The van der Waals surface area contributed by atoms with Crippen LogP contribution in [0, 0.1) is 6.92 Å². The highest BCUT2D eigenvalue weighted by Crippen LogP contribution is 2.38. The normalized spacial score (nSPS) is 15.6. The Hall–Kier alpha value is -4.69. The molecule has 0 spiro atoms. The van der Waals surface area contributed by atoms with Crippen LogP contribution in [0.15, 0.2) is 105 Å². The van der Waals surface area contributed by atoms with Gasteiger partial charge in [-0.15, -0.1) is 22.7 Å². The van der Waals surface area contributed by atoms with E-state index in [0.29, 0.717) is 37.9 Å². The third kappa shape index (κ3) is 5.09. The van der Waals surface area contributed by atoms with Gasteiger partial charge >= 0.3 is 0 Å². The van der Waals surface area contributed by atoms with Crippen LogP contribution >= 0.6 is 22.7 Å². The SMILES string of the molecule is CC1=NN(c2ccccc2)C(=O)C1N=Nc1ccc(-c2nc3ccc(-c4nc5ccc(C)c(S(=O)(=O)O)c5s4)cc3s2)cc1. The van der Waals surface area contributed by atoms with Crippen molar-refractivity contribution in [3.63, 3.8) is 0 Å². The summed E-state index contributed by atoms with van der Waals surface area (Å²) in [5, 5.41) is 15.8. The van der Waals surface area contributed by atoms with Crippen LogP contribution in [0.1, 0.15) is 12.5 Å². The number of hydrazone groups is 1. The number of thiazole rings is 2. The Kier molecular flexibility index (Phi) is 6.89. The highest BCUT2D eigenvalue weighted by molar-refractivity contribution is 7.86. The quantitative estimate of drug-likeness (QED) is 0.147. The lowest BCUT2D eigenvalue weighted by molar-refractivity contribution is -0.117. The van der Waals surface area contributed by atoms with Gasteiger partial charge in [0.1, 0.15) is 14.9 Å². The van der Waals surface area contributed by atoms with Gasteiger partial charge in [0.2, 0.25) is 0 Å². The maximum absolute atomic E-state index is 12.9. The van der Waals surface area contributed by atoms with Gasteiger partial charge in [0.15, 0.2) is 6.04 Å². The van der Waals surface area contributed by atoms with Crippen molar-refractivity contribution in [2.45, 2.75) is 24.8 Å². The minimum absolute atomic E-state index is 0.102. The Morgan fingerprint density at radius 3 is 2.27 bits per heavy atom. The van der Waals surface area contributed by atoms with Gasteiger partial charge in [-0.05, 0) is 80.1 Å². The smallest absolute Gasteiger partial charge is 0.282 e. The second-order valence-corrected chi connectivity index (χ2v) is 13.5. The van der Waals surface area contributed by atoms with E-state index in [1.807, 2.05) is 72.8 Å². The van der Waals surface area contributed by atoms with Crippen LogP contribution in [0.4, 0.5) is 11.4 Å². The fourth-order valence-corrected chi connectivity index (χ4v) is 8.25. The summed E-state index contributed by atoms with van der Waals surface area (Å²) in [5.41, 5.74) is 5.40. The highest BCUT2D eigenvalue weighted by Gasteiger charge is 2.34. The van der Waals surface area contributed by atoms with Gasteiger partial charge in [-0.25, -0.2) is 9.97 Å². The topological polar surface area (TPSA) is 138 Å². The number of benzene rings is 4. The molecule has 1 amide bonds. The molecule has 7 rings (SSSR count). The summed E-state index contributed by atoms with van der Waals surface area (Å²) < 4.78 is 35.2. The maximum atomic E-state index is 12.9. The summed E-state index contributed by atoms with van der Waals surface area (Å²) >= 11 is 2.75. The number of carbonyl (C=O) groups is 1. The standard InChI is InChI=1S/C31H22N6O4S3/c1-17-8-14-24-27(28(17)44(39,40)41)43-30(33-24)20-11-15-23-25(16-20)42-29(32-23)19-9-12-21(13-10-19)34-35-26-18(2)36-37(31(26)38)22-6-4-3-5-7-22/h3-16,26H,1-2H3,(H,39,40,41). The van der Waals surface area contributed by atoms with E-state index in [4.69, 9.17) is 4.98 Å². The lowest BCUT2D eigenvalue weighted by atomic mass is 10.2. The number of amides is 1. The van der Waals surface area contributed by atoms with Gasteiger partial charge in [0.25, 0.3) is 16.0 Å². The van der Waals surface area contributed by atoms with E-state index >= 15 is 0 Å². The van der Waals surface area contributed by atoms with E-state index in [0.717, 1.165) is 26.4 Å². The zero-order chi connectivity index (χ0) is 30.6. The van der Waals surface area contributed by atoms with E-state index in [9.17, 15) is 17.8 Å². The fraction of sp³-hybridized carbons (Fsp3) is 0.0968. The molecule has 3 heterocycles. The second kappa shape index (κ2) is 10.8. The Morgan fingerprint density at radius 2 is 1.52 bits per heavy atom. The van der Waals surface area contributed by atoms with E-state index in [2.05, 4.69) is 20.3 Å². The molecular weight excluding hydrogens is 617 g/mol. The number of hydrogen-bond donors (Lipinski definition) is 1. The fourth-order valence-electron chi connectivity index (χ4n) is 4.93. The van der Waals surface area contributed by atoms with E-state index in [1.54, 1.807) is 26.0 Å². The van der Waals surface area contributed by atoms with Crippen molar-refractivity contribution in [3.05, 3.63) is 90.5 Å². The van der Waals surface area contributed by atoms with Crippen LogP contribution in [0.3, 0.4) is 0 Å². The molecular formula is C31H22N6O4S3. The molecule has 6 aromatic rings. The summed E-state index contributed by atoms with van der Waals surface area (Å²) in [6.45, 7) is 3.41. The van der Waals surface area contributed by atoms with Crippen molar-refractivity contribution in [1.82, 2.24) is 9.97 Å². The third-order valence-corrected chi connectivity index (χ3v) is 10.5. The number of fused-ring (bicyclic) bond motifs is 2. The van der Waals surface area contributed by atoms with Crippen LogP contribution in [0.2, 0.25) is 0 Å². The summed E-state index contributed by atoms with van der Waals surface area (Å²) in [6, 6.07) is 25.1. The van der Waals surface area contributed by atoms with Crippen molar-refractivity contribution in [2.24, 2.45) is 15.3 Å². The van der Waals surface area contributed by atoms with Crippen LogP contribution in [-0.2, 0) is 14.9 Å². The first kappa shape index (κ1) is 28.1. The molecule has 0 aliphatic carbocycles. The van der Waals surface area contributed by atoms with Crippen molar-refractivity contribution in [3.8, 4) is 21.1 Å². The Balaban J connectivity index is 1.12. The van der Waals surface area contributed by atoms with Gasteiger partial charge in [-0.1, -0.05) is 24.3 Å². The summed E-state index contributed by atoms with van der Waals surface area (Å²) in [7, 11) is -4.39. The molecule has 218 valence electrons. The number of anilines is 1. The van der Waals surface area contributed by atoms with Crippen molar-refractivity contribution >= 4 is 76.2 Å². The molecule has 0 saturated heterocycles. The third-order valence-electron chi connectivity index (χ3n) is 7.10. The number of azo groups is 1. The first-order valence-corrected chi connectivity index (χ1v) is 16.5. The minimum Gasteiger partial charge on any atom is -0.282 e. The monoisotopic (exact) mass is 638 g/mol. The first-order valence-electron chi connectivity index (χ1n) is 13.4. The van der Waals surface area contributed by atoms with Crippen LogP contribution in [0.25, 0.3) is 41.6 Å². The van der Waals surface area contributed by atoms with Crippen LogP contribution < -0.4 is 5.01 Å². The average molecular weight is 639 g/mol. The number of carbonyl (C=O) groups excluding carboxylic acids is 1. The lowest BCUT2D eigenvalue weighted by Gasteiger charge is -2.11. The van der Waals surface area contributed by atoms with E-state index in [1.165, 1.54) is 27.7 Å². The second-order valence-electron chi connectivity index (χ2n) is 10.1. The predicted octanol–water partition coefficient (Wildman–Crippen LogP) is 7.67. The van der Waals surface area contributed by atoms with Gasteiger partial charge in [-0.2, -0.15) is 28.8 Å². The molecule has 1 atom stereocenters. The summed E-state index contributed by atoms with van der Waals surface area (Å²) in [4.78, 5) is 22.2. The molecule has 44 heavy (non-hydrogen) atoms. The van der Waals surface area contributed by atoms with Gasteiger partial charge in [0, 0.05) is 11.1 Å². The molecule has 1 N–H and O–H groups in total. The Bertz CT molecular complexity index is 2260. The number of aromatic nitrogens is 2. The van der Waals surface area contributed by atoms with Crippen molar-refractivity contribution in [2.75, 3.05) is 5.01 Å². The van der Waals surface area contributed by atoms with Crippen molar-refractivity contribution < 1.29 is 17.8 Å². The predicted molar refractivity (Wildman–Crippen MR) is 174 cm³/mol. The van der Waals surface area contributed by atoms with E-state index < -0.39 is 16.2 Å². The first-order chi connectivity index (χ1) is 21.2. The van der Waals surface area contributed by atoms with Crippen LogP contribution in [0.5, 0.6) is 0 Å². The summed E-state index contributed by atoms with van der Waals surface area (Å²) in [5.74, 6) is -0.247.